The van der Waals surface area contributed by atoms with E-state index in [1.165, 1.54) is 17.5 Å². The second-order valence-corrected chi connectivity index (χ2v) is 5.90. The molecule has 2 heteroatoms. The van der Waals surface area contributed by atoms with E-state index >= 15 is 0 Å². The minimum Gasteiger partial charge on any atom is -0.497 e. The van der Waals surface area contributed by atoms with Gasteiger partial charge in [0.15, 0.2) is 0 Å². The summed E-state index contributed by atoms with van der Waals surface area (Å²) >= 11 is 0. The number of hydrogen-bond acceptors (Lipinski definition) is 2. The van der Waals surface area contributed by atoms with E-state index in [1.807, 2.05) is 6.07 Å². The maximum atomic E-state index is 5.36. The van der Waals surface area contributed by atoms with Gasteiger partial charge >= 0.3 is 0 Å². The van der Waals surface area contributed by atoms with Gasteiger partial charge in [-0.2, -0.15) is 0 Å². The summed E-state index contributed by atoms with van der Waals surface area (Å²) in [5.74, 6) is 3.75. The molecule has 0 amide bonds. The Bertz CT molecular complexity index is 603. The lowest BCUT2D eigenvalue weighted by Crippen LogP contribution is -2.30. The predicted octanol–water partition coefficient (Wildman–Crippen LogP) is 4.61. The Labute approximate surface area is 126 Å². The lowest BCUT2D eigenvalue weighted by atomic mass is 9.60. The fourth-order valence-corrected chi connectivity index (χ4v) is 3.50. The predicted molar refractivity (Wildman–Crippen MR) is 85.3 cm³/mol. The van der Waals surface area contributed by atoms with Crippen LogP contribution in [0.2, 0.25) is 0 Å². The lowest BCUT2D eigenvalue weighted by molar-refractivity contribution is 0.227. The van der Waals surface area contributed by atoms with E-state index in [0.29, 0.717) is 17.8 Å². The molecule has 0 radical (unpaired) electrons. The smallest absolute Gasteiger partial charge is 0.119 e. The first-order chi connectivity index (χ1) is 10.2. The summed E-state index contributed by atoms with van der Waals surface area (Å²) in [5, 5.41) is 0. The van der Waals surface area contributed by atoms with Crippen molar-refractivity contribution in [2.75, 3.05) is 14.2 Å². The van der Waals surface area contributed by atoms with Crippen LogP contribution >= 0.6 is 0 Å². The Hall–Kier alpha value is -1.96. The van der Waals surface area contributed by atoms with Gasteiger partial charge in [-0.05, 0) is 59.6 Å². The van der Waals surface area contributed by atoms with Crippen molar-refractivity contribution in [1.82, 2.24) is 0 Å². The highest BCUT2D eigenvalue weighted by Gasteiger charge is 2.39. The summed E-state index contributed by atoms with van der Waals surface area (Å²) < 4.78 is 10.6. The molecular formula is C19H22O2. The van der Waals surface area contributed by atoms with Crippen molar-refractivity contribution in [3.63, 3.8) is 0 Å². The second-order valence-electron chi connectivity index (χ2n) is 5.90. The highest BCUT2D eigenvalue weighted by atomic mass is 16.5. The van der Waals surface area contributed by atoms with Crippen LogP contribution in [0.15, 0.2) is 48.5 Å². The van der Waals surface area contributed by atoms with Gasteiger partial charge in [0.05, 0.1) is 14.2 Å². The van der Waals surface area contributed by atoms with Gasteiger partial charge in [0, 0.05) is 0 Å². The third kappa shape index (κ3) is 2.63. The van der Waals surface area contributed by atoms with Crippen LogP contribution in [0.4, 0.5) is 0 Å². The summed E-state index contributed by atoms with van der Waals surface area (Å²) in [6, 6.07) is 17.0. The first-order valence-corrected chi connectivity index (χ1v) is 7.51. The van der Waals surface area contributed by atoms with Gasteiger partial charge in [-0.15, -0.1) is 0 Å². The molecule has 0 spiro atoms. The van der Waals surface area contributed by atoms with Gasteiger partial charge in [0.2, 0.25) is 0 Å². The monoisotopic (exact) mass is 282 g/mol. The largest absolute Gasteiger partial charge is 0.497 e. The normalized spacial score (nSPS) is 24.2. The molecule has 0 heterocycles. The van der Waals surface area contributed by atoms with E-state index in [4.69, 9.17) is 9.47 Å². The molecule has 1 fully saturated rings. The van der Waals surface area contributed by atoms with Crippen LogP contribution in [0, 0.1) is 5.92 Å². The summed E-state index contributed by atoms with van der Waals surface area (Å²) in [5.41, 5.74) is 2.79. The van der Waals surface area contributed by atoms with E-state index in [-0.39, 0.29) is 0 Å². The Morgan fingerprint density at radius 2 is 1.57 bits per heavy atom. The SMILES string of the molecule is COc1ccc(C2CC(C)C2c2cccc(OC)c2)cc1. The summed E-state index contributed by atoms with van der Waals surface area (Å²) in [6.07, 6.45) is 1.24. The van der Waals surface area contributed by atoms with E-state index in [0.717, 1.165) is 11.5 Å². The topological polar surface area (TPSA) is 18.5 Å². The fraction of sp³-hybridized carbons (Fsp3) is 0.368. The molecule has 0 bridgehead atoms. The second kappa shape index (κ2) is 5.80. The maximum Gasteiger partial charge on any atom is 0.119 e. The average Bonchev–Trinajstić information content (AvgIpc) is 2.53. The fourth-order valence-electron chi connectivity index (χ4n) is 3.50. The third-order valence-corrected chi connectivity index (χ3v) is 4.69. The van der Waals surface area contributed by atoms with Crippen molar-refractivity contribution in [2.24, 2.45) is 5.92 Å². The van der Waals surface area contributed by atoms with Gasteiger partial charge < -0.3 is 9.47 Å². The van der Waals surface area contributed by atoms with Crippen LogP contribution in [-0.2, 0) is 0 Å². The molecule has 1 saturated carbocycles. The van der Waals surface area contributed by atoms with Gasteiger partial charge in [-0.25, -0.2) is 0 Å². The van der Waals surface area contributed by atoms with Crippen LogP contribution in [-0.4, -0.2) is 14.2 Å². The standard InChI is InChI=1S/C19H22O2/c1-13-11-18(14-7-9-16(20-2)10-8-14)19(13)15-5-4-6-17(12-15)21-3/h4-10,12-13,18-19H,11H2,1-3H3. The molecule has 3 unspecified atom stereocenters. The first kappa shape index (κ1) is 14.0. The molecule has 0 aliphatic heterocycles. The molecule has 1 aliphatic rings. The van der Waals surface area contributed by atoms with Crippen molar-refractivity contribution in [1.29, 1.82) is 0 Å². The van der Waals surface area contributed by atoms with E-state index in [2.05, 4.69) is 49.4 Å². The van der Waals surface area contributed by atoms with Crippen molar-refractivity contribution >= 4 is 0 Å². The van der Waals surface area contributed by atoms with Crippen LogP contribution in [0.3, 0.4) is 0 Å². The molecule has 0 aromatic heterocycles. The number of rotatable bonds is 4. The molecule has 1 aliphatic carbocycles. The quantitative estimate of drug-likeness (QED) is 0.815. The van der Waals surface area contributed by atoms with Gasteiger partial charge in [-0.3, -0.25) is 0 Å². The zero-order valence-corrected chi connectivity index (χ0v) is 12.9. The summed E-state index contributed by atoms with van der Waals surface area (Å²) in [4.78, 5) is 0. The van der Waals surface area contributed by atoms with Crippen molar-refractivity contribution in [2.45, 2.75) is 25.2 Å². The minimum absolute atomic E-state index is 0.577. The van der Waals surface area contributed by atoms with Crippen LogP contribution < -0.4 is 9.47 Å². The van der Waals surface area contributed by atoms with Crippen molar-refractivity contribution < 1.29 is 9.47 Å². The average molecular weight is 282 g/mol. The summed E-state index contributed by atoms with van der Waals surface area (Å²) in [7, 11) is 3.43. The molecule has 3 rings (SSSR count). The van der Waals surface area contributed by atoms with E-state index in [1.54, 1.807) is 14.2 Å². The Kier molecular flexibility index (Phi) is 3.87. The molecule has 110 valence electrons. The molecular weight excluding hydrogens is 260 g/mol. The lowest BCUT2D eigenvalue weighted by Gasteiger charge is -2.44. The van der Waals surface area contributed by atoms with Gasteiger partial charge in [-0.1, -0.05) is 31.2 Å². The molecule has 0 saturated heterocycles. The maximum absolute atomic E-state index is 5.36. The Morgan fingerprint density at radius 3 is 2.19 bits per heavy atom. The highest BCUT2D eigenvalue weighted by molar-refractivity contribution is 5.39. The van der Waals surface area contributed by atoms with Crippen LogP contribution in [0.25, 0.3) is 0 Å². The molecule has 2 aromatic rings. The highest BCUT2D eigenvalue weighted by Crippen LogP contribution is 2.53. The molecule has 21 heavy (non-hydrogen) atoms. The van der Waals surface area contributed by atoms with Crippen LogP contribution in [0.1, 0.15) is 36.3 Å². The van der Waals surface area contributed by atoms with Gasteiger partial charge in [0.25, 0.3) is 0 Å². The number of methoxy groups -OCH3 is 2. The Balaban J connectivity index is 1.86. The van der Waals surface area contributed by atoms with E-state index in [9.17, 15) is 0 Å². The number of hydrogen-bond donors (Lipinski definition) is 0. The summed E-state index contributed by atoms with van der Waals surface area (Å²) in [6.45, 7) is 2.34. The third-order valence-electron chi connectivity index (χ3n) is 4.69. The molecule has 2 aromatic carbocycles. The van der Waals surface area contributed by atoms with Crippen molar-refractivity contribution in [3.8, 4) is 11.5 Å². The molecule has 3 atom stereocenters. The van der Waals surface area contributed by atoms with Crippen LogP contribution in [0.5, 0.6) is 11.5 Å². The zero-order chi connectivity index (χ0) is 14.8. The van der Waals surface area contributed by atoms with Gasteiger partial charge in [0.1, 0.15) is 11.5 Å². The zero-order valence-electron chi connectivity index (χ0n) is 12.9. The van der Waals surface area contributed by atoms with Crippen molar-refractivity contribution in [3.05, 3.63) is 59.7 Å². The number of ether oxygens (including phenoxy) is 2. The minimum atomic E-state index is 0.577. The molecule has 2 nitrogen and oxygen atoms in total. The number of benzene rings is 2. The Morgan fingerprint density at radius 1 is 0.857 bits per heavy atom. The van der Waals surface area contributed by atoms with E-state index < -0.39 is 0 Å². The molecule has 0 N–H and O–H groups in total. The first-order valence-electron chi connectivity index (χ1n) is 7.51.